The molecule has 0 aromatic heterocycles. The zero-order valence-corrected chi connectivity index (χ0v) is 11.0. The lowest BCUT2D eigenvalue weighted by Crippen LogP contribution is -2.26. The van der Waals surface area contributed by atoms with Gasteiger partial charge in [0.05, 0.1) is 0 Å². The van der Waals surface area contributed by atoms with E-state index in [-0.39, 0.29) is 11.7 Å². The largest absolute Gasteiger partial charge is 0.356 e. The first-order chi connectivity index (χ1) is 8.18. The van der Waals surface area contributed by atoms with E-state index in [4.69, 9.17) is 0 Å². The van der Waals surface area contributed by atoms with Crippen LogP contribution < -0.4 is 5.32 Å². The number of carbonyl (C=O) groups is 2. The van der Waals surface area contributed by atoms with E-state index in [2.05, 4.69) is 5.32 Å². The van der Waals surface area contributed by atoms with Gasteiger partial charge in [-0.3, -0.25) is 4.79 Å². The van der Waals surface area contributed by atoms with Gasteiger partial charge < -0.3 is 10.1 Å². The molecule has 0 aromatic rings. The predicted octanol–water partition coefficient (Wildman–Crippen LogP) is 2.83. The second-order valence-electron chi connectivity index (χ2n) is 5.22. The fraction of sp³-hybridized carbons (Fsp3) is 0.857. The number of hydrogen-bond acceptors (Lipinski definition) is 2. The molecule has 3 nitrogen and oxygen atoms in total. The summed E-state index contributed by atoms with van der Waals surface area (Å²) >= 11 is 0. The van der Waals surface area contributed by atoms with Crippen molar-refractivity contribution in [2.75, 3.05) is 6.54 Å². The van der Waals surface area contributed by atoms with E-state index in [1.54, 1.807) is 6.92 Å². The first kappa shape index (κ1) is 14.2. The summed E-state index contributed by atoms with van der Waals surface area (Å²) in [5.74, 6) is 1.10. The Kier molecular flexibility index (Phi) is 6.90. The van der Waals surface area contributed by atoms with E-state index in [1.807, 2.05) is 0 Å². The average Bonchev–Trinajstić information content (AvgIpc) is 2.75. The first-order valence-electron chi connectivity index (χ1n) is 6.94. The molecule has 0 radical (unpaired) electrons. The summed E-state index contributed by atoms with van der Waals surface area (Å²) in [6, 6.07) is 0. The SMILES string of the molecule is CC(=O)CCCCCNC(=O)CC1CCCC1. The molecule has 0 bridgehead atoms. The number of unbranched alkanes of at least 4 members (excludes halogenated alkanes) is 2. The van der Waals surface area contributed by atoms with Crippen LogP contribution in [0.25, 0.3) is 0 Å². The van der Waals surface area contributed by atoms with Crippen molar-refractivity contribution < 1.29 is 9.59 Å². The number of carbonyl (C=O) groups excluding carboxylic acids is 2. The van der Waals surface area contributed by atoms with Gasteiger partial charge in [-0.1, -0.05) is 19.3 Å². The van der Waals surface area contributed by atoms with Gasteiger partial charge in [0.25, 0.3) is 0 Å². The van der Waals surface area contributed by atoms with Gasteiger partial charge >= 0.3 is 0 Å². The molecule has 1 N–H and O–H groups in total. The van der Waals surface area contributed by atoms with Gasteiger partial charge in [-0.15, -0.1) is 0 Å². The molecule has 17 heavy (non-hydrogen) atoms. The minimum absolute atomic E-state index is 0.212. The van der Waals surface area contributed by atoms with Crippen molar-refractivity contribution in [3.05, 3.63) is 0 Å². The van der Waals surface area contributed by atoms with Crippen molar-refractivity contribution in [1.82, 2.24) is 5.32 Å². The third-order valence-corrected chi connectivity index (χ3v) is 3.48. The Morgan fingerprint density at radius 2 is 1.82 bits per heavy atom. The zero-order chi connectivity index (χ0) is 12.5. The molecular weight excluding hydrogens is 214 g/mol. The molecule has 0 unspecified atom stereocenters. The summed E-state index contributed by atoms with van der Waals surface area (Å²) < 4.78 is 0. The number of rotatable bonds is 8. The third-order valence-electron chi connectivity index (χ3n) is 3.48. The third kappa shape index (κ3) is 7.14. The van der Waals surface area contributed by atoms with Crippen LogP contribution in [0.1, 0.15) is 64.7 Å². The Morgan fingerprint density at radius 3 is 2.47 bits per heavy atom. The van der Waals surface area contributed by atoms with Crippen LogP contribution in [-0.4, -0.2) is 18.2 Å². The Morgan fingerprint density at radius 1 is 1.12 bits per heavy atom. The fourth-order valence-electron chi connectivity index (χ4n) is 2.45. The fourth-order valence-corrected chi connectivity index (χ4v) is 2.45. The minimum atomic E-state index is 0.212. The Bertz CT molecular complexity index is 245. The quantitative estimate of drug-likeness (QED) is 0.662. The van der Waals surface area contributed by atoms with E-state index in [1.165, 1.54) is 25.7 Å². The Balaban J connectivity index is 1.91. The maximum Gasteiger partial charge on any atom is 0.220 e. The lowest BCUT2D eigenvalue weighted by molar-refractivity contribution is -0.122. The normalized spacial score (nSPS) is 16.1. The number of hydrogen-bond donors (Lipinski definition) is 1. The number of Topliss-reactive ketones (excluding diaryl/α,β-unsaturated/α-hetero) is 1. The summed E-state index contributed by atoms with van der Waals surface area (Å²) in [7, 11) is 0. The van der Waals surface area contributed by atoms with Gasteiger partial charge in [-0.2, -0.15) is 0 Å². The van der Waals surface area contributed by atoms with Crippen molar-refractivity contribution >= 4 is 11.7 Å². The summed E-state index contributed by atoms with van der Waals surface area (Å²) in [6.07, 6.45) is 9.41. The molecule has 0 aliphatic heterocycles. The minimum Gasteiger partial charge on any atom is -0.356 e. The Hall–Kier alpha value is -0.860. The van der Waals surface area contributed by atoms with Crippen LogP contribution in [-0.2, 0) is 9.59 Å². The highest BCUT2D eigenvalue weighted by atomic mass is 16.1. The molecule has 98 valence electrons. The van der Waals surface area contributed by atoms with Crippen molar-refractivity contribution in [2.24, 2.45) is 5.92 Å². The number of amides is 1. The van der Waals surface area contributed by atoms with E-state index in [9.17, 15) is 9.59 Å². The molecular formula is C14H25NO2. The molecule has 1 aliphatic rings. The molecule has 3 heteroatoms. The van der Waals surface area contributed by atoms with Crippen LogP contribution in [0.2, 0.25) is 0 Å². The molecule has 0 aromatic carbocycles. The zero-order valence-electron chi connectivity index (χ0n) is 11.0. The van der Waals surface area contributed by atoms with Crippen molar-refractivity contribution in [3.63, 3.8) is 0 Å². The van der Waals surface area contributed by atoms with E-state index < -0.39 is 0 Å². The number of nitrogens with one attached hydrogen (secondary N) is 1. The highest BCUT2D eigenvalue weighted by Crippen LogP contribution is 2.27. The maximum atomic E-state index is 11.6. The molecule has 1 aliphatic carbocycles. The van der Waals surface area contributed by atoms with Crippen molar-refractivity contribution in [2.45, 2.75) is 64.7 Å². The summed E-state index contributed by atoms with van der Waals surface area (Å²) in [6.45, 7) is 2.40. The molecule has 1 rings (SSSR count). The van der Waals surface area contributed by atoms with Crippen LogP contribution >= 0.6 is 0 Å². The summed E-state index contributed by atoms with van der Waals surface area (Å²) in [5, 5.41) is 2.97. The van der Waals surface area contributed by atoms with Crippen molar-refractivity contribution in [1.29, 1.82) is 0 Å². The van der Waals surface area contributed by atoms with Crippen LogP contribution in [0.15, 0.2) is 0 Å². The second kappa shape index (κ2) is 8.26. The highest BCUT2D eigenvalue weighted by molar-refractivity contribution is 5.76. The topological polar surface area (TPSA) is 46.2 Å². The highest BCUT2D eigenvalue weighted by Gasteiger charge is 2.17. The van der Waals surface area contributed by atoms with Crippen LogP contribution in [0.3, 0.4) is 0 Å². The predicted molar refractivity (Wildman–Crippen MR) is 68.7 cm³/mol. The lowest BCUT2D eigenvalue weighted by atomic mass is 10.0. The van der Waals surface area contributed by atoms with E-state index in [0.29, 0.717) is 18.8 Å². The maximum absolute atomic E-state index is 11.6. The van der Waals surface area contributed by atoms with Gasteiger partial charge in [0.15, 0.2) is 0 Å². The van der Waals surface area contributed by atoms with Crippen LogP contribution in [0.4, 0.5) is 0 Å². The van der Waals surface area contributed by atoms with Crippen LogP contribution in [0, 0.1) is 5.92 Å². The molecule has 0 atom stereocenters. The molecule has 0 heterocycles. The van der Waals surface area contributed by atoms with Gasteiger partial charge in [0.2, 0.25) is 5.91 Å². The molecule has 1 fully saturated rings. The van der Waals surface area contributed by atoms with Crippen LogP contribution in [0.5, 0.6) is 0 Å². The lowest BCUT2D eigenvalue weighted by Gasteiger charge is -2.09. The monoisotopic (exact) mass is 239 g/mol. The smallest absolute Gasteiger partial charge is 0.220 e. The summed E-state index contributed by atoms with van der Waals surface area (Å²) in [5.41, 5.74) is 0. The first-order valence-corrected chi connectivity index (χ1v) is 6.94. The van der Waals surface area contributed by atoms with Gasteiger partial charge in [0.1, 0.15) is 5.78 Å². The van der Waals surface area contributed by atoms with E-state index in [0.717, 1.165) is 25.8 Å². The Labute approximate surface area is 104 Å². The van der Waals surface area contributed by atoms with E-state index >= 15 is 0 Å². The molecule has 1 saturated carbocycles. The van der Waals surface area contributed by atoms with Crippen molar-refractivity contribution in [3.8, 4) is 0 Å². The molecule has 0 saturated heterocycles. The van der Waals surface area contributed by atoms with Gasteiger partial charge in [-0.25, -0.2) is 0 Å². The molecule has 1 amide bonds. The number of ketones is 1. The second-order valence-corrected chi connectivity index (χ2v) is 5.22. The van der Waals surface area contributed by atoms with Gasteiger partial charge in [-0.05, 0) is 38.5 Å². The average molecular weight is 239 g/mol. The standard InChI is InChI=1S/C14H25NO2/c1-12(16)7-3-2-6-10-15-14(17)11-13-8-4-5-9-13/h13H,2-11H2,1H3,(H,15,17). The molecule has 0 spiro atoms. The summed E-state index contributed by atoms with van der Waals surface area (Å²) in [4.78, 5) is 22.3. The van der Waals surface area contributed by atoms with Gasteiger partial charge in [0, 0.05) is 19.4 Å².